The van der Waals surface area contributed by atoms with Crippen LogP contribution in [-0.2, 0) is 9.59 Å². The fraction of sp³-hybridized carbons (Fsp3) is 0.556. The van der Waals surface area contributed by atoms with Crippen molar-refractivity contribution < 1.29 is 23.8 Å². The van der Waals surface area contributed by atoms with Crippen LogP contribution in [0.4, 0.5) is 4.39 Å². The van der Waals surface area contributed by atoms with Crippen LogP contribution in [0.25, 0.3) is 0 Å². The molecule has 3 rings (SSSR count). The molecule has 0 bridgehead atoms. The number of β-amino-alcohol motifs (C(OH)–C–C–N with tert-alkyl or cyclic N) is 1. The number of likely N-dealkylation sites (tertiary alicyclic amines) is 1. The van der Waals surface area contributed by atoms with Gasteiger partial charge in [-0.15, -0.1) is 0 Å². The molecule has 1 saturated carbocycles. The van der Waals surface area contributed by atoms with Crippen LogP contribution < -0.4 is 4.74 Å². The SMILES string of the molecule is O=C1CC2(CCCCC2)C(=O)N1C[C@@H](O)COc1ccc(F)cc1. The minimum absolute atomic E-state index is 0.0549. The molecule has 1 atom stereocenters. The van der Waals surface area contributed by atoms with E-state index in [-0.39, 0.29) is 37.2 Å². The predicted octanol–water partition coefficient (Wildman–Crippen LogP) is 2.27. The highest BCUT2D eigenvalue weighted by atomic mass is 19.1. The zero-order valence-electron chi connectivity index (χ0n) is 13.5. The van der Waals surface area contributed by atoms with Gasteiger partial charge in [0.25, 0.3) is 0 Å². The van der Waals surface area contributed by atoms with Crippen molar-refractivity contribution in [3.63, 3.8) is 0 Å². The molecule has 130 valence electrons. The molecule has 1 saturated heterocycles. The highest BCUT2D eigenvalue weighted by Gasteiger charge is 2.51. The normalized spacial score (nSPS) is 21.3. The van der Waals surface area contributed by atoms with Gasteiger partial charge in [-0.2, -0.15) is 0 Å². The molecule has 1 aromatic carbocycles. The second-order valence-corrected chi connectivity index (χ2v) is 6.75. The van der Waals surface area contributed by atoms with E-state index in [2.05, 4.69) is 0 Å². The summed E-state index contributed by atoms with van der Waals surface area (Å²) in [4.78, 5) is 26.1. The van der Waals surface area contributed by atoms with E-state index in [1.54, 1.807) is 0 Å². The molecule has 24 heavy (non-hydrogen) atoms. The van der Waals surface area contributed by atoms with Crippen molar-refractivity contribution in [2.75, 3.05) is 13.2 Å². The summed E-state index contributed by atoms with van der Waals surface area (Å²) in [5.41, 5.74) is -0.535. The smallest absolute Gasteiger partial charge is 0.235 e. The number of aliphatic hydroxyl groups excluding tert-OH is 1. The van der Waals surface area contributed by atoms with Crippen molar-refractivity contribution >= 4 is 11.8 Å². The Kier molecular flexibility index (Phi) is 4.85. The Bertz CT molecular complexity index is 610. The minimum atomic E-state index is -0.971. The molecule has 0 aromatic heterocycles. The molecule has 1 heterocycles. The molecule has 1 aliphatic heterocycles. The number of nitrogens with zero attached hydrogens (tertiary/aromatic N) is 1. The van der Waals surface area contributed by atoms with Crippen molar-refractivity contribution in [2.45, 2.75) is 44.6 Å². The predicted molar refractivity (Wildman–Crippen MR) is 84.8 cm³/mol. The molecule has 1 aliphatic carbocycles. The van der Waals surface area contributed by atoms with Gasteiger partial charge in [0, 0.05) is 6.42 Å². The van der Waals surface area contributed by atoms with E-state index in [9.17, 15) is 19.1 Å². The molecule has 1 N–H and O–H groups in total. The maximum absolute atomic E-state index is 12.8. The number of ether oxygens (including phenoxy) is 1. The summed E-state index contributed by atoms with van der Waals surface area (Å²) >= 11 is 0. The first-order valence-electron chi connectivity index (χ1n) is 8.41. The Balaban J connectivity index is 1.55. The van der Waals surface area contributed by atoms with Crippen LogP contribution in [0, 0.1) is 11.2 Å². The summed E-state index contributed by atoms with van der Waals surface area (Å²) in [6.07, 6.45) is 3.87. The van der Waals surface area contributed by atoms with E-state index >= 15 is 0 Å². The maximum atomic E-state index is 12.8. The number of hydrogen-bond donors (Lipinski definition) is 1. The molecule has 5 nitrogen and oxygen atoms in total. The van der Waals surface area contributed by atoms with E-state index in [1.807, 2.05) is 0 Å². The number of amides is 2. The molecule has 2 fully saturated rings. The van der Waals surface area contributed by atoms with E-state index in [4.69, 9.17) is 4.74 Å². The molecule has 0 unspecified atom stereocenters. The van der Waals surface area contributed by atoms with Gasteiger partial charge in [0.1, 0.15) is 24.3 Å². The van der Waals surface area contributed by atoms with E-state index < -0.39 is 11.5 Å². The number of benzene rings is 1. The van der Waals surface area contributed by atoms with Crippen molar-refractivity contribution in [2.24, 2.45) is 5.41 Å². The lowest BCUT2D eigenvalue weighted by molar-refractivity contribution is -0.144. The van der Waals surface area contributed by atoms with Crippen molar-refractivity contribution in [1.29, 1.82) is 0 Å². The highest BCUT2D eigenvalue weighted by molar-refractivity contribution is 6.05. The van der Waals surface area contributed by atoms with Gasteiger partial charge in [-0.1, -0.05) is 19.3 Å². The van der Waals surface area contributed by atoms with Crippen LogP contribution in [-0.4, -0.2) is 41.1 Å². The number of carbonyl (C=O) groups is 2. The van der Waals surface area contributed by atoms with Gasteiger partial charge in [0.2, 0.25) is 11.8 Å². The molecule has 2 aliphatic rings. The highest BCUT2D eigenvalue weighted by Crippen LogP contribution is 2.45. The number of hydrogen-bond acceptors (Lipinski definition) is 4. The monoisotopic (exact) mass is 335 g/mol. The number of rotatable bonds is 5. The average Bonchev–Trinajstić information content (AvgIpc) is 2.79. The number of halogens is 1. The van der Waals surface area contributed by atoms with Gasteiger partial charge >= 0.3 is 0 Å². The topological polar surface area (TPSA) is 66.8 Å². The molecule has 1 spiro atoms. The number of carbonyl (C=O) groups excluding carboxylic acids is 2. The zero-order valence-corrected chi connectivity index (χ0v) is 13.5. The standard InChI is InChI=1S/C18H22FNO4/c19-13-4-6-15(7-5-13)24-12-14(21)11-20-16(22)10-18(17(20)23)8-2-1-3-9-18/h4-7,14,21H,1-3,8-12H2/t14-/m1/s1. The fourth-order valence-corrected chi connectivity index (χ4v) is 3.65. The van der Waals surface area contributed by atoms with Crippen molar-refractivity contribution in [3.8, 4) is 5.75 Å². The molecular formula is C18H22FNO4. The summed E-state index contributed by atoms with van der Waals surface area (Å²) in [6.45, 7) is -0.115. The van der Waals surface area contributed by atoms with Crippen molar-refractivity contribution in [3.05, 3.63) is 30.1 Å². The third-order valence-electron chi connectivity index (χ3n) is 4.95. The van der Waals surface area contributed by atoms with Crippen LogP contribution in [0.15, 0.2) is 24.3 Å². The number of aliphatic hydroxyl groups is 1. The Hall–Kier alpha value is -1.95. The number of imide groups is 1. The molecule has 2 amide bonds. The van der Waals surface area contributed by atoms with Crippen LogP contribution >= 0.6 is 0 Å². The van der Waals surface area contributed by atoms with Gasteiger partial charge < -0.3 is 9.84 Å². The second kappa shape index (κ2) is 6.89. The second-order valence-electron chi connectivity index (χ2n) is 6.75. The largest absolute Gasteiger partial charge is 0.491 e. The quantitative estimate of drug-likeness (QED) is 0.838. The first kappa shape index (κ1) is 16.9. The third-order valence-corrected chi connectivity index (χ3v) is 4.95. The lowest BCUT2D eigenvalue weighted by atomic mass is 9.73. The van der Waals surface area contributed by atoms with Gasteiger partial charge in [0.05, 0.1) is 12.0 Å². The summed E-state index contributed by atoms with van der Waals surface area (Å²) in [5.74, 6) is -0.289. The lowest BCUT2D eigenvalue weighted by Gasteiger charge is -2.30. The van der Waals surface area contributed by atoms with E-state index in [0.29, 0.717) is 5.75 Å². The first-order valence-corrected chi connectivity index (χ1v) is 8.41. The summed E-state index contributed by atoms with van der Waals surface area (Å²) in [6, 6.07) is 5.46. The first-order chi connectivity index (χ1) is 11.5. The van der Waals surface area contributed by atoms with Crippen LogP contribution in [0.3, 0.4) is 0 Å². The van der Waals surface area contributed by atoms with Gasteiger partial charge in [-0.05, 0) is 37.1 Å². The summed E-state index contributed by atoms with van der Waals surface area (Å²) < 4.78 is 18.2. The van der Waals surface area contributed by atoms with Crippen LogP contribution in [0.2, 0.25) is 0 Å². The van der Waals surface area contributed by atoms with Crippen molar-refractivity contribution in [1.82, 2.24) is 4.90 Å². The van der Waals surface area contributed by atoms with Gasteiger partial charge in [-0.25, -0.2) is 4.39 Å². The molecule has 1 aromatic rings. The average molecular weight is 335 g/mol. The lowest BCUT2D eigenvalue weighted by Crippen LogP contribution is -2.42. The molecular weight excluding hydrogens is 313 g/mol. The Morgan fingerprint density at radius 3 is 2.50 bits per heavy atom. The summed E-state index contributed by atoms with van der Waals surface area (Å²) in [5, 5.41) is 10.1. The van der Waals surface area contributed by atoms with E-state index in [1.165, 1.54) is 29.2 Å². The van der Waals surface area contributed by atoms with Crippen LogP contribution in [0.5, 0.6) is 5.75 Å². The van der Waals surface area contributed by atoms with Gasteiger partial charge in [-0.3, -0.25) is 14.5 Å². The Morgan fingerprint density at radius 1 is 1.17 bits per heavy atom. The van der Waals surface area contributed by atoms with E-state index in [0.717, 1.165) is 32.1 Å². The Morgan fingerprint density at radius 2 is 1.83 bits per heavy atom. The Labute approximate surface area is 140 Å². The maximum Gasteiger partial charge on any atom is 0.235 e. The molecule has 0 radical (unpaired) electrons. The molecule has 6 heteroatoms. The third kappa shape index (κ3) is 3.43. The fourth-order valence-electron chi connectivity index (χ4n) is 3.65. The minimum Gasteiger partial charge on any atom is -0.491 e. The van der Waals surface area contributed by atoms with Gasteiger partial charge in [0.15, 0.2) is 0 Å². The zero-order chi connectivity index (χ0) is 17.2. The summed E-state index contributed by atoms with van der Waals surface area (Å²) in [7, 11) is 0. The van der Waals surface area contributed by atoms with Crippen LogP contribution in [0.1, 0.15) is 38.5 Å².